The Morgan fingerprint density at radius 2 is 2.06 bits per heavy atom. The van der Waals surface area contributed by atoms with E-state index in [-0.39, 0.29) is 47.9 Å². The number of nitrogens with one attached hydrogen (secondary N) is 2. The minimum Gasteiger partial charge on any atom is -0.383 e. The molecule has 34 heavy (non-hydrogen) atoms. The van der Waals surface area contributed by atoms with Crippen molar-refractivity contribution in [3.63, 3.8) is 0 Å². The number of benzene rings is 1. The standard InChI is InChI=1S/C22H23F3N6O3/c1-2-15-16(18(15)32)10-30-11-27-21(34)17(19(30)26)29-20(33)13-7-28-31(9-13)8-12-4-3-5-14(6-12)22(23,24)25/h3-7,9,15-16H,2,8,10-11,26H2,1H3,(H,27,34)(H,29,33). The Labute approximate surface area is 192 Å². The molecule has 2 aliphatic rings. The molecule has 12 heteroatoms. The summed E-state index contributed by atoms with van der Waals surface area (Å²) in [4.78, 5) is 38.4. The predicted molar refractivity (Wildman–Crippen MR) is 113 cm³/mol. The summed E-state index contributed by atoms with van der Waals surface area (Å²) < 4.78 is 40.1. The molecule has 1 fully saturated rings. The van der Waals surface area contributed by atoms with E-state index in [2.05, 4.69) is 15.7 Å². The van der Waals surface area contributed by atoms with Crippen molar-refractivity contribution < 1.29 is 27.6 Å². The molecule has 0 spiro atoms. The lowest BCUT2D eigenvalue weighted by Crippen LogP contribution is -2.51. The van der Waals surface area contributed by atoms with Crippen molar-refractivity contribution in [2.24, 2.45) is 17.6 Å². The third-order valence-corrected chi connectivity index (χ3v) is 5.95. The second-order valence-corrected chi connectivity index (χ2v) is 8.25. The van der Waals surface area contributed by atoms with Crippen molar-refractivity contribution in [3.05, 3.63) is 64.9 Å². The Morgan fingerprint density at radius 1 is 1.29 bits per heavy atom. The molecule has 0 saturated heterocycles. The molecule has 4 rings (SSSR count). The van der Waals surface area contributed by atoms with Crippen LogP contribution in [0.2, 0.25) is 0 Å². The van der Waals surface area contributed by atoms with Gasteiger partial charge in [-0.25, -0.2) is 0 Å². The van der Waals surface area contributed by atoms with Crippen LogP contribution in [-0.2, 0) is 22.3 Å². The van der Waals surface area contributed by atoms with Crippen molar-refractivity contribution in [2.45, 2.75) is 26.1 Å². The predicted octanol–water partition coefficient (Wildman–Crippen LogP) is 1.42. The average Bonchev–Trinajstić information content (AvgIpc) is 3.16. The van der Waals surface area contributed by atoms with Gasteiger partial charge in [0.25, 0.3) is 11.8 Å². The fourth-order valence-electron chi connectivity index (χ4n) is 3.98. The van der Waals surface area contributed by atoms with Gasteiger partial charge in [0.2, 0.25) is 0 Å². The van der Waals surface area contributed by atoms with Gasteiger partial charge in [0.05, 0.1) is 30.5 Å². The van der Waals surface area contributed by atoms with E-state index in [0.29, 0.717) is 12.1 Å². The normalized spacial score (nSPS) is 20.4. The first-order chi connectivity index (χ1) is 16.1. The number of carbonyl (C=O) groups excluding carboxylic acids is 3. The van der Waals surface area contributed by atoms with E-state index >= 15 is 0 Å². The Morgan fingerprint density at radius 3 is 2.74 bits per heavy atom. The summed E-state index contributed by atoms with van der Waals surface area (Å²) >= 11 is 0. The summed E-state index contributed by atoms with van der Waals surface area (Å²) in [6.07, 6.45) is -1.12. The van der Waals surface area contributed by atoms with Gasteiger partial charge in [-0.2, -0.15) is 18.3 Å². The zero-order valence-corrected chi connectivity index (χ0v) is 18.2. The van der Waals surface area contributed by atoms with E-state index in [1.54, 1.807) is 4.90 Å². The maximum Gasteiger partial charge on any atom is 0.416 e. The molecule has 9 nitrogen and oxygen atoms in total. The third-order valence-electron chi connectivity index (χ3n) is 5.95. The Balaban J connectivity index is 1.44. The highest BCUT2D eigenvalue weighted by molar-refractivity contribution is 6.03. The van der Waals surface area contributed by atoms with Gasteiger partial charge in [-0.15, -0.1) is 0 Å². The zero-order valence-electron chi connectivity index (χ0n) is 18.2. The molecule has 2 aromatic rings. The Bertz CT molecular complexity index is 1170. The quantitative estimate of drug-likeness (QED) is 0.556. The van der Waals surface area contributed by atoms with E-state index in [1.807, 2.05) is 6.92 Å². The highest BCUT2D eigenvalue weighted by Gasteiger charge is 2.48. The number of hydrogen-bond acceptors (Lipinski definition) is 6. The highest BCUT2D eigenvalue weighted by atomic mass is 19.4. The first kappa shape index (κ1) is 23.3. The minimum absolute atomic E-state index is 0.00821. The number of Topliss-reactive ketones (excluding diaryl/α,β-unsaturated/α-hetero) is 1. The molecule has 0 radical (unpaired) electrons. The number of ketones is 1. The minimum atomic E-state index is -4.46. The van der Waals surface area contributed by atoms with Gasteiger partial charge in [0.15, 0.2) is 0 Å². The van der Waals surface area contributed by atoms with Crippen LogP contribution < -0.4 is 16.4 Å². The van der Waals surface area contributed by atoms with Gasteiger partial charge in [-0.1, -0.05) is 19.1 Å². The summed E-state index contributed by atoms with van der Waals surface area (Å²) in [6, 6.07) is 4.82. The van der Waals surface area contributed by atoms with Gasteiger partial charge < -0.3 is 21.3 Å². The van der Waals surface area contributed by atoms with Crippen LogP contribution in [0.5, 0.6) is 0 Å². The lowest BCUT2D eigenvalue weighted by molar-refractivity contribution is -0.137. The SMILES string of the molecule is CCC1C(=O)C1CN1CNC(=O)C(NC(=O)c2cnn(Cc3cccc(C(F)(F)F)c3)c2)=C1N. The van der Waals surface area contributed by atoms with Gasteiger partial charge in [0, 0.05) is 24.6 Å². The first-order valence-corrected chi connectivity index (χ1v) is 10.6. The second-order valence-electron chi connectivity index (χ2n) is 8.25. The number of carbonyl (C=O) groups is 3. The molecule has 2 heterocycles. The highest BCUT2D eigenvalue weighted by Crippen LogP contribution is 2.37. The van der Waals surface area contributed by atoms with Crippen molar-refractivity contribution in [1.29, 1.82) is 0 Å². The van der Waals surface area contributed by atoms with Gasteiger partial charge in [0.1, 0.15) is 17.3 Å². The number of nitrogens with two attached hydrogens (primary N) is 1. The van der Waals surface area contributed by atoms with Crippen LogP contribution in [0.3, 0.4) is 0 Å². The largest absolute Gasteiger partial charge is 0.416 e. The molecule has 4 N–H and O–H groups in total. The Kier molecular flexibility index (Phi) is 6.07. The van der Waals surface area contributed by atoms with Crippen LogP contribution in [0, 0.1) is 11.8 Å². The number of alkyl halides is 3. The number of hydrogen-bond donors (Lipinski definition) is 3. The topological polar surface area (TPSA) is 122 Å². The summed E-state index contributed by atoms with van der Waals surface area (Å²) in [5.74, 6) is -1.16. The fourth-order valence-corrected chi connectivity index (χ4v) is 3.98. The van der Waals surface area contributed by atoms with Crippen LogP contribution in [-0.4, -0.2) is 45.5 Å². The molecule has 180 valence electrons. The zero-order chi connectivity index (χ0) is 24.6. The Hall–Kier alpha value is -3.83. The summed E-state index contributed by atoms with van der Waals surface area (Å²) in [5.41, 5.74) is 5.66. The van der Waals surface area contributed by atoms with Crippen LogP contribution in [0.1, 0.15) is 34.8 Å². The molecule has 0 bridgehead atoms. The van der Waals surface area contributed by atoms with Gasteiger partial charge in [-0.3, -0.25) is 19.1 Å². The molecular weight excluding hydrogens is 453 g/mol. The van der Waals surface area contributed by atoms with Gasteiger partial charge >= 0.3 is 6.18 Å². The van der Waals surface area contributed by atoms with E-state index in [1.165, 1.54) is 29.2 Å². The molecular formula is C22H23F3N6O3. The number of rotatable bonds is 7. The number of amides is 2. The smallest absolute Gasteiger partial charge is 0.383 e. The molecule has 1 aromatic heterocycles. The van der Waals surface area contributed by atoms with Crippen LogP contribution >= 0.6 is 0 Å². The van der Waals surface area contributed by atoms with E-state index in [4.69, 9.17) is 5.73 Å². The third kappa shape index (κ3) is 4.75. The van der Waals surface area contributed by atoms with Gasteiger partial charge in [-0.05, 0) is 24.1 Å². The molecule has 1 aliphatic carbocycles. The van der Waals surface area contributed by atoms with E-state index < -0.39 is 23.6 Å². The maximum atomic E-state index is 12.9. The molecule has 2 amide bonds. The second kappa shape index (κ2) is 8.84. The van der Waals surface area contributed by atoms with Crippen molar-refractivity contribution >= 4 is 17.6 Å². The molecule has 2 unspecified atom stereocenters. The lowest BCUT2D eigenvalue weighted by Gasteiger charge is -2.31. The average molecular weight is 476 g/mol. The summed E-state index contributed by atoms with van der Waals surface area (Å²) in [5, 5.41) is 9.11. The molecule has 2 atom stereocenters. The number of halogens is 3. The van der Waals surface area contributed by atoms with Crippen molar-refractivity contribution in [1.82, 2.24) is 25.3 Å². The van der Waals surface area contributed by atoms with E-state index in [9.17, 15) is 27.6 Å². The number of nitrogens with zero attached hydrogens (tertiary/aromatic N) is 3. The van der Waals surface area contributed by atoms with Crippen LogP contribution in [0.15, 0.2) is 48.2 Å². The monoisotopic (exact) mass is 476 g/mol. The van der Waals surface area contributed by atoms with Crippen molar-refractivity contribution in [2.75, 3.05) is 13.2 Å². The fraction of sp³-hybridized carbons (Fsp3) is 0.364. The van der Waals surface area contributed by atoms with Crippen molar-refractivity contribution in [3.8, 4) is 0 Å². The van der Waals surface area contributed by atoms with Crippen LogP contribution in [0.4, 0.5) is 13.2 Å². The lowest BCUT2D eigenvalue weighted by atomic mass is 10.1. The summed E-state index contributed by atoms with van der Waals surface area (Å²) in [7, 11) is 0. The first-order valence-electron chi connectivity index (χ1n) is 10.6. The van der Waals surface area contributed by atoms with E-state index in [0.717, 1.165) is 18.6 Å². The maximum absolute atomic E-state index is 12.9. The number of aromatic nitrogens is 2. The molecule has 1 saturated carbocycles. The molecule has 1 aliphatic heterocycles. The molecule has 1 aromatic carbocycles. The summed E-state index contributed by atoms with van der Waals surface area (Å²) in [6.45, 7) is 2.42. The van der Waals surface area contributed by atoms with Crippen LogP contribution in [0.25, 0.3) is 0 Å².